The first-order valence-electron chi connectivity index (χ1n) is 19.1. The van der Waals surface area contributed by atoms with Gasteiger partial charge in [0, 0.05) is 42.3 Å². The lowest BCUT2D eigenvalue weighted by atomic mass is 9.78. The van der Waals surface area contributed by atoms with Crippen molar-refractivity contribution in [1.29, 1.82) is 0 Å². The molecule has 56 heavy (non-hydrogen) atoms. The molecule has 8 aromatic carbocycles. The normalized spacial score (nSPS) is 13.0. The summed E-state index contributed by atoms with van der Waals surface area (Å²) in [4.78, 5) is 15.6. The summed E-state index contributed by atoms with van der Waals surface area (Å²) in [7, 11) is 0. The van der Waals surface area contributed by atoms with Crippen molar-refractivity contribution in [2.24, 2.45) is 0 Å². The number of rotatable bonds is 5. The highest BCUT2D eigenvalue weighted by Gasteiger charge is 2.37. The molecule has 0 saturated heterocycles. The van der Waals surface area contributed by atoms with Gasteiger partial charge >= 0.3 is 0 Å². The molecule has 0 atom stereocenters. The van der Waals surface area contributed by atoms with Crippen molar-refractivity contribution in [3.8, 4) is 67.5 Å². The quantitative estimate of drug-likeness (QED) is 0.177. The van der Waals surface area contributed by atoms with Crippen LogP contribution in [-0.4, -0.2) is 15.0 Å². The zero-order valence-corrected chi connectivity index (χ0v) is 31.8. The van der Waals surface area contributed by atoms with Crippen molar-refractivity contribution in [1.82, 2.24) is 15.0 Å². The fraction of sp³-hybridized carbons (Fsp3) is 0.0577. The summed E-state index contributed by atoms with van der Waals surface area (Å²) >= 11 is 1.85. The van der Waals surface area contributed by atoms with E-state index in [1.54, 1.807) is 0 Å². The van der Waals surface area contributed by atoms with Crippen molar-refractivity contribution in [2.75, 3.05) is 0 Å². The van der Waals surface area contributed by atoms with Crippen LogP contribution in [0.3, 0.4) is 0 Å². The second kappa shape index (κ2) is 12.7. The second-order valence-corrected chi connectivity index (χ2v) is 16.3. The van der Waals surface area contributed by atoms with Crippen molar-refractivity contribution >= 4 is 42.3 Å². The van der Waals surface area contributed by atoms with E-state index in [0.29, 0.717) is 17.5 Å². The summed E-state index contributed by atoms with van der Waals surface area (Å²) in [6.45, 7) is 4.71. The van der Waals surface area contributed by atoms with E-state index in [-0.39, 0.29) is 5.41 Å². The van der Waals surface area contributed by atoms with Gasteiger partial charge in [0.25, 0.3) is 0 Å². The van der Waals surface area contributed by atoms with Crippen LogP contribution < -0.4 is 0 Å². The van der Waals surface area contributed by atoms with Gasteiger partial charge in [-0.1, -0.05) is 153 Å². The minimum absolute atomic E-state index is 0.175. The molecule has 0 fully saturated rings. The lowest BCUT2D eigenvalue weighted by Crippen LogP contribution is -2.16. The lowest BCUT2D eigenvalue weighted by Gasteiger charge is -2.25. The molecule has 0 aliphatic heterocycles. The standard InChI is InChI=1S/C52H35N3S/c1-52(2)45-21-10-8-17-41(45)44-20-12-19-40(48(44)52)38-28-37(35-25-26-43-42-18-9-11-22-46(42)56-47(43)31-35)29-39(30-38)51-54-49(33-14-4-3-5-15-33)53-50(55-51)36-24-23-32-13-6-7-16-34(32)27-36/h3-31H,1-2H3. The summed E-state index contributed by atoms with van der Waals surface area (Å²) in [5.41, 5.74) is 12.6. The minimum Gasteiger partial charge on any atom is -0.208 e. The third-order valence-electron chi connectivity index (χ3n) is 11.5. The van der Waals surface area contributed by atoms with E-state index in [9.17, 15) is 0 Å². The van der Waals surface area contributed by atoms with Crippen molar-refractivity contribution < 1.29 is 0 Å². The van der Waals surface area contributed by atoms with Gasteiger partial charge in [-0.2, -0.15) is 0 Å². The third-order valence-corrected chi connectivity index (χ3v) is 12.6. The van der Waals surface area contributed by atoms with Gasteiger partial charge in [0.2, 0.25) is 0 Å². The zero-order chi connectivity index (χ0) is 37.4. The molecule has 2 aromatic heterocycles. The van der Waals surface area contributed by atoms with Gasteiger partial charge in [0.1, 0.15) is 0 Å². The zero-order valence-electron chi connectivity index (χ0n) is 31.0. The first kappa shape index (κ1) is 32.7. The fourth-order valence-electron chi connectivity index (χ4n) is 8.75. The maximum atomic E-state index is 5.27. The van der Waals surface area contributed by atoms with Gasteiger partial charge in [-0.05, 0) is 91.7 Å². The van der Waals surface area contributed by atoms with E-state index in [2.05, 4.69) is 172 Å². The summed E-state index contributed by atoms with van der Waals surface area (Å²) in [6, 6.07) is 63.2. The molecule has 4 heteroatoms. The van der Waals surface area contributed by atoms with Crippen LogP contribution in [0.4, 0.5) is 0 Å². The molecule has 3 nitrogen and oxygen atoms in total. The molecule has 2 heterocycles. The Morgan fingerprint density at radius 2 is 1.00 bits per heavy atom. The van der Waals surface area contributed by atoms with E-state index < -0.39 is 0 Å². The van der Waals surface area contributed by atoms with Gasteiger partial charge in [-0.25, -0.2) is 15.0 Å². The van der Waals surface area contributed by atoms with Crippen molar-refractivity contribution in [3.05, 3.63) is 187 Å². The molecular weight excluding hydrogens is 699 g/mol. The van der Waals surface area contributed by atoms with Crippen LogP contribution in [0, 0.1) is 0 Å². The highest BCUT2D eigenvalue weighted by molar-refractivity contribution is 7.25. The Hall–Kier alpha value is -6.75. The number of aromatic nitrogens is 3. The molecule has 264 valence electrons. The molecular formula is C52H35N3S. The highest BCUT2D eigenvalue weighted by atomic mass is 32.1. The molecule has 1 aliphatic carbocycles. The van der Waals surface area contributed by atoms with Gasteiger partial charge in [-0.3, -0.25) is 0 Å². The Morgan fingerprint density at radius 1 is 0.375 bits per heavy atom. The van der Waals surface area contributed by atoms with Gasteiger partial charge in [0.15, 0.2) is 17.5 Å². The van der Waals surface area contributed by atoms with E-state index in [1.807, 2.05) is 29.5 Å². The number of hydrogen-bond acceptors (Lipinski definition) is 4. The van der Waals surface area contributed by atoms with Crippen molar-refractivity contribution in [2.45, 2.75) is 19.3 Å². The predicted molar refractivity (Wildman–Crippen MR) is 235 cm³/mol. The molecule has 0 N–H and O–H groups in total. The molecule has 1 aliphatic rings. The summed E-state index contributed by atoms with van der Waals surface area (Å²) in [6.07, 6.45) is 0. The Morgan fingerprint density at radius 3 is 1.88 bits per heavy atom. The first-order chi connectivity index (χ1) is 27.5. The molecule has 0 unspecified atom stereocenters. The fourth-order valence-corrected chi connectivity index (χ4v) is 9.90. The lowest BCUT2D eigenvalue weighted by molar-refractivity contribution is 0.662. The van der Waals surface area contributed by atoms with E-state index >= 15 is 0 Å². The molecule has 0 spiro atoms. The van der Waals surface area contributed by atoms with E-state index in [1.165, 1.54) is 53.4 Å². The first-order valence-corrected chi connectivity index (χ1v) is 19.9. The van der Waals surface area contributed by atoms with Crippen LogP contribution in [0.2, 0.25) is 0 Å². The SMILES string of the molecule is CC1(C)c2ccccc2-c2cccc(-c3cc(-c4ccc5c(c4)sc4ccccc45)cc(-c4nc(-c5ccccc5)nc(-c5ccc6ccccc6c5)n4)c3)c21. The monoisotopic (exact) mass is 733 g/mol. The Labute approximate surface area is 329 Å². The van der Waals surface area contributed by atoms with Crippen LogP contribution >= 0.6 is 11.3 Å². The molecule has 0 radical (unpaired) electrons. The Kier molecular flexibility index (Phi) is 7.38. The van der Waals surface area contributed by atoms with Crippen LogP contribution in [0.5, 0.6) is 0 Å². The molecule has 0 amide bonds. The van der Waals surface area contributed by atoms with Gasteiger partial charge < -0.3 is 0 Å². The maximum Gasteiger partial charge on any atom is 0.164 e. The molecule has 10 aromatic rings. The molecule has 11 rings (SSSR count). The maximum absolute atomic E-state index is 5.27. The van der Waals surface area contributed by atoms with E-state index in [4.69, 9.17) is 15.0 Å². The molecule has 0 saturated carbocycles. The Bertz CT molecular complexity index is 3180. The minimum atomic E-state index is -0.175. The largest absolute Gasteiger partial charge is 0.208 e. The van der Waals surface area contributed by atoms with Crippen LogP contribution in [0.25, 0.3) is 98.5 Å². The summed E-state index contributed by atoms with van der Waals surface area (Å²) in [5.74, 6) is 1.94. The van der Waals surface area contributed by atoms with Gasteiger partial charge in [0.05, 0.1) is 0 Å². The smallest absolute Gasteiger partial charge is 0.164 e. The second-order valence-electron chi connectivity index (χ2n) is 15.2. The number of benzene rings is 8. The summed E-state index contributed by atoms with van der Waals surface area (Å²) < 4.78 is 2.58. The van der Waals surface area contributed by atoms with Crippen LogP contribution in [0.15, 0.2) is 176 Å². The topological polar surface area (TPSA) is 38.7 Å². The number of nitrogens with zero attached hydrogens (tertiary/aromatic N) is 3. The average Bonchev–Trinajstić information content (AvgIpc) is 3.75. The predicted octanol–water partition coefficient (Wildman–Crippen LogP) is 14.0. The molecule has 0 bridgehead atoms. The Balaban J connectivity index is 1.16. The highest BCUT2D eigenvalue weighted by Crippen LogP contribution is 2.52. The number of hydrogen-bond donors (Lipinski definition) is 0. The third kappa shape index (κ3) is 5.29. The number of fused-ring (bicyclic) bond motifs is 7. The van der Waals surface area contributed by atoms with Gasteiger partial charge in [-0.15, -0.1) is 11.3 Å². The van der Waals surface area contributed by atoms with Crippen LogP contribution in [0.1, 0.15) is 25.0 Å². The summed E-state index contributed by atoms with van der Waals surface area (Å²) in [5, 5.41) is 4.92. The number of thiophene rings is 1. The van der Waals surface area contributed by atoms with E-state index in [0.717, 1.165) is 38.8 Å². The average molecular weight is 734 g/mol. The van der Waals surface area contributed by atoms with Crippen LogP contribution in [-0.2, 0) is 5.41 Å². The van der Waals surface area contributed by atoms with Crippen molar-refractivity contribution in [3.63, 3.8) is 0 Å².